The number of benzene rings is 1. The summed E-state index contributed by atoms with van der Waals surface area (Å²) >= 11 is 5.40. The Morgan fingerprint density at radius 3 is 2.57 bits per heavy atom. The average Bonchev–Trinajstić information content (AvgIpc) is 2.44. The van der Waals surface area contributed by atoms with E-state index >= 15 is 0 Å². The van der Waals surface area contributed by atoms with Crippen molar-refractivity contribution in [2.45, 2.75) is 43.5 Å². The molecule has 1 heterocycles. The fourth-order valence-corrected chi connectivity index (χ4v) is 4.39. The maximum absolute atomic E-state index is 6.37. The number of halogens is 1. The molecule has 2 aromatic rings. The van der Waals surface area contributed by atoms with E-state index in [2.05, 4.69) is 65.1 Å². The van der Waals surface area contributed by atoms with Crippen molar-refractivity contribution in [3.8, 4) is 0 Å². The van der Waals surface area contributed by atoms with Gasteiger partial charge in [0, 0.05) is 16.2 Å². The molecule has 0 aliphatic rings. The van der Waals surface area contributed by atoms with Gasteiger partial charge in [0.1, 0.15) is 0 Å². The summed E-state index contributed by atoms with van der Waals surface area (Å²) < 4.78 is 1.11. The van der Waals surface area contributed by atoms with Crippen LogP contribution in [0.25, 0.3) is 0 Å². The maximum Gasteiger partial charge on any atom is 0.0972 e. The van der Waals surface area contributed by atoms with Crippen LogP contribution in [-0.4, -0.2) is 11.0 Å². The van der Waals surface area contributed by atoms with E-state index in [1.807, 2.05) is 13.0 Å². The monoisotopic (exact) mass is 364 g/mol. The van der Waals surface area contributed by atoms with Gasteiger partial charge in [0.2, 0.25) is 0 Å². The first-order valence-corrected chi connectivity index (χ1v) is 8.80. The number of rotatable bonds is 5. The number of aryl methyl sites for hydroxylation is 2. The van der Waals surface area contributed by atoms with E-state index in [1.54, 1.807) is 11.8 Å². The van der Waals surface area contributed by atoms with E-state index in [1.165, 1.54) is 11.1 Å². The maximum atomic E-state index is 6.37. The van der Waals surface area contributed by atoms with Crippen LogP contribution in [0.3, 0.4) is 0 Å². The van der Waals surface area contributed by atoms with Gasteiger partial charge in [-0.2, -0.15) is 0 Å². The van der Waals surface area contributed by atoms with E-state index in [0.717, 1.165) is 21.6 Å². The molecule has 0 radical (unpaired) electrons. The summed E-state index contributed by atoms with van der Waals surface area (Å²) in [5.41, 5.74) is 9.89. The van der Waals surface area contributed by atoms with Crippen molar-refractivity contribution in [2.24, 2.45) is 5.73 Å². The number of thioether (sulfide) groups is 1. The molecule has 0 aliphatic heterocycles. The Labute approximate surface area is 139 Å². The Balaban J connectivity index is 2.35. The molecule has 1 aromatic carbocycles. The van der Waals surface area contributed by atoms with Crippen molar-refractivity contribution in [1.29, 1.82) is 0 Å². The van der Waals surface area contributed by atoms with Gasteiger partial charge in [-0.25, -0.2) is 4.98 Å². The molecule has 2 atom stereocenters. The summed E-state index contributed by atoms with van der Waals surface area (Å²) in [5, 5.41) is 1.23. The molecule has 1 aromatic heterocycles. The zero-order chi connectivity index (χ0) is 15.4. The fourth-order valence-electron chi connectivity index (χ4n) is 2.30. The first-order chi connectivity index (χ1) is 10.0. The molecule has 4 heteroatoms. The van der Waals surface area contributed by atoms with Crippen LogP contribution in [0.4, 0.5) is 0 Å². The number of nitrogens with two attached hydrogens (primary N) is 1. The van der Waals surface area contributed by atoms with Gasteiger partial charge in [-0.15, -0.1) is 0 Å². The number of pyridine rings is 1. The van der Waals surface area contributed by atoms with E-state index in [4.69, 9.17) is 5.73 Å². The van der Waals surface area contributed by atoms with Crippen LogP contribution < -0.4 is 5.73 Å². The zero-order valence-corrected chi connectivity index (χ0v) is 15.0. The van der Waals surface area contributed by atoms with Crippen LogP contribution in [-0.2, 0) is 0 Å². The van der Waals surface area contributed by atoms with Gasteiger partial charge in [-0.1, -0.05) is 52.8 Å². The van der Waals surface area contributed by atoms with Crippen LogP contribution in [0, 0.1) is 13.8 Å². The molecule has 2 nitrogen and oxygen atoms in total. The molecular weight excluding hydrogens is 344 g/mol. The largest absolute Gasteiger partial charge is 0.326 e. The van der Waals surface area contributed by atoms with Gasteiger partial charge >= 0.3 is 0 Å². The lowest BCUT2D eigenvalue weighted by Crippen LogP contribution is -2.26. The molecule has 0 saturated carbocycles. The summed E-state index contributed by atoms with van der Waals surface area (Å²) in [7, 11) is 0. The zero-order valence-electron chi connectivity index (χ0n) is 12.6. The van der Waals surface area contributed by atoms with Crippen LogP contribution in [0.5, 0.6) is 0 Å². The van der Waals surface area contributed by atoms with Crippen LogP contribution in [0.2, 0.25) is 0 Å². The highest BCUT2D eigenvalue weighted by molar-refractivity contribution is 9.10. The summed E-state index contributed by atoms with van der Waals surface area (Å²) in [6, 6.07) is 12.6. The molecule has 0 fully saturated rings. The standard InChI is InChI=1S/C17H21BrN2S/c1-4-15(19)17(13-7-5-6-8-14(13)18)21-16-10-11(2)9-12(3)20-16/h5-10,15,17H,4,19H2,1-3H3. The topological polar surface area (TPSA) is 38.9 Å². The summed E-state index contributed by atoms with van der Waals surface area (Å²) in [6.07, 6.45) is 0.934. The van der Waals surface area contributed by atoms with Crippen molar-refractivity contribution in [2.75, 3.05) is 0 Å². The number of aromatic nitrogens is 1. The quantitative estimate of drug-likeness (QED) is 0.755. The molecule has 21 heavy (non-hydrogen) atoms. The SMILES string of the molecule is CCC(N)C(Sc1cc(C)cc(C)n1)c1ccccc1Br. The third kappa shape index (κ3) is 4.31. The second-order valence-corrected chi connectivity index (χ2v) is 7.27. The number of hydrogen-bond donors (Lipinski definition) is 1. The summed E-state index contributed by atoms with van der Waals surface area (Å²) in [4.78, 5) is 4.64. The third-order valence-corrected chi connectivity index (χ3v) is 5.42. The first kappa shape index (κ1) is 16.5. The third-order valence-electron chi connectivity index (χ3n) is 3.39. The van der Waals surface area contributed by atoms with E-state index < -0.39 is 0 Å². The van der Waals surface area contributed by atoms with Gasteiger partial charge in [0.15, 0.2) is 0 Å². The second kappa shape index (κ2) is 7.43. The predicted molar refractivity (Wildman–Crippen MR) is 94.7 cm³/mol. The van der Waals surface area contributed by atoms with Gasteiger partial charge < -0.3 is 5.73 Å². The van der Waals surface area contributed by atoms with Crippen LogP contribution in [0.1, 0.15) is 35.4 Å². The molecule has 112 valence electrons. The Kier molecular flexibility index (Phi) is 5.85. The Morgan fingerprint density at radius 2 is 1.95 bits per heavy atom. The molecule has 0 bridgehead atoms. The minimum atomic E-state index is 0.0938. The average molecular weight is 365 g/mol. The molecule has 2 N–H and O–H groups in total. The molecule has 2 rings (SSSR count). The molecule has 0 spiro atoms. The first-order valence-electron chi connectivity index (χ1n) is 7.13. The van der Waals surface area contributed by atoms with E-state index in [0.29, 0.717) is 0 Å². The molecular formula is C17H21BrN2S. The van der Waals surface area contributed by atoms with Crippen LogP contribution >= 0.6 is 27.7 Å². The normalized spacial score (nSPS) is 14.0. The fraction of sp³-hybridized carbons (Fsp3) is 0.353. The van der Waals surface area contributed by atoms with Gasteiger partial charge in [0.05, 0.1) is 10.3 Å². The molecule has 0 saturated heterocycles. The summed E-state index contributed by atoms with van der Waals surface area (Å²) in [6.45, 7) is 6.26. The number of nitrogens with zero attached hydrogens (tertiary/aromatic N) is 1. The van der Waals surface area contributed by atoms with Gasteiger partial charge in [0.25, 0.3) is 0 Å². The molecule has 2 unspecified atom stereocenters. The van der Waals surface area contributed by atoms with Crippen molar-refractivity contribution >= 4 is 27.7 Å². The lowest BCUT2D eigenvalue weighted by Gasteiger charge is -2.24. The van der Waals surface area contributed by atoms with Crippen molar-refractivity contribution in [3.63, 3.8) is 0 Å². The minimum absolute atomic E-state index is 0.0938. The van der Waals surface area contributed by atoms with Gasteiger partial charge in [-0.3, -0.25) is 0 Å². The lowest BCUT2D eigenvalue weighted by molar-refractivity contribution is 0.632. The van der Waals surface area contributed by atoms with E-state index in [-0.39, 0.29) is 11.3 Å². The van der Waals surface area contributed by atoms with Crippen molar-refractivity contribution < 1.29 is 0 Å². The molecule has 0 aliphatic carbocycles. The predicted octanol–water partition coefficient (Wildman–Crippen LogP) is 5.03. The second-order valence-electron chi connectivity index (χ2n) is 5.26. The number of hydrogen-bond acceptors (Lipinski definition) is 3. The Hall–Kier alpha value is -0.840. The Bertz CT molecular complexity index is 595. The highest BCUT2D eigenvalue weighted by atomic mass is 79.9. The van der Waals surface area contributed by atoms with Crippen molar-refractivity contribution in [1.82, 2.24) is 4.98 Å². The van der Waals surface area contributed by atoms with Crippen LogP contribution in [0.15, 0.2) is 45.9 Å². The highest BCUT2D eigenvalue weighted by Gasteiger charge is 2.22. The van der Waals surface area contributed by atoms with Crippen molar-refractivity contribution in [3.05, 3.63) is 57.7 Å². The molecule has 0 amide bonds. The Morgan fingerprint density at radius 1 is 1.24 bits per heavy atom. The smallest absolute Gasteiger partial charge is 0.0972 e. The highest BCUT2D eigenvalue weighted by Crippen LogP contribution is 2.40. The minimum Gasteiger partial charge on any atom is -0.326 e. The van der Waals surface area contributed by atoms with Gasteiger partial charge in [-0.05, 0) is 49.6 Å². The summed E-state index contributed by atoms with van der Waals surface area (Å²) in [5.74, 6) is 0. The van der Waals surface area contributed by atoms with E-state index in [9.17, 15) is 0 Å². The lowest BCUT2D eigenvalue weighted by atomic mass is 10.0.